The summed E-state index contributed by atoms with van der Waals surface area (Å²) in [5, 5.41) is 5.89. The lowest BCUT2D eigenvalue weighted by molar-refractivity contribution is -0.117. The van der Waals surface area contributed by atoms with Crippen LogP contribution in [0.4, 0.5) is 5.82 Å². The lowest BCUT2D eigenvalue weighted by Crippen LogP contribution is -2.27. The second-order valence-electron chi connectivity index (χ2n) is 6.59. The first-order valence-corrected chi connectivity index (χ1v) is 7.70. The first-order valence-electron chi connectivity index (χ1n) is 7.70. The van der Waals surface area contributed by atoms with Gasteiger partial charge in [-0.05, 0) is 25.2 Å². The van der Waals surface area contributed by atoms with E-state index >= 15 is 0 Å². The third-order valence-corrected chi connectivity index (χ3v) is 4.51. The third kappa shape index (κ3) is 2.30. The van der Waals surface area contributed by atoms with Gasteiger partial charge >= 0.3 is 0 Å². The molecule has 3 rings (SSSR count). The van der Waals surface area contributed by atoms with Gasteiger partial charge in [0.1, 0.15) is 5.82 Å². The van der Waals surface area contributed by atoms with Crippen molar-refractivity contribution in [3.63, 3.8) is 0 Å². The average Bonchev–Trinajstić information content (AvgIpc) is 2.96. The molecule has 1 unspecified atom stereocenters. The highest BCUT2D eigenvalue weighted by Crippen LogP contribution is 2.38. The summed E-state index contributed by atoms with van der Waals surface area (Å²) in [6.07, 6.45) is 5.89. The normalized spacial score (nSPS) is 23.1. The van der Waals surface area contributed by atoms with Gasteiger partial charge in [-0.15, -0.1) is 0 Å². The highest BCUT2D eigenvalue weighted by molar-refractivity contribution is 5.93. The summed E-state index contributed by atoms with van der Waals surface area (Å²) in [4.78, 5) is 24.3. The summed E-state index contributed by atoms with van der Waals surface area (Å²) in [6.45, 7) is 4.27. The molecule has 1 fully saturated rings. The van der Waals surface area contributed by atoms with E-state index in [9.17, 15) is 9.59 Å². The zero-order chi connectivity index (χ0) is 14.3. The number of aromatic nitrogens is 2. The molecule has 0 bridgehead atoms. The van der Waals surface area contributed by atoms with Gasteiger partial charge in [-0.3, -0.25) is 19.4 Å². The fourth-order valence-electron chi connectivity index (χ4n) is 3.68. The first-order chi connectivity index (χ1) is 9.56. The highest BCUT2D eigenvalue weighted by atomic mass is 16.2. The van der Waals surface area contributed by atoms with Crippen LogP contribution in [0.2, 0.25) is 0 Å². The van der Waals surface area contributed by atoms with Crippen LogP contribution in [0.3, 0.4) is 0 Å². The number of nitrogens with one attached hydrogen (secondary N) is 2. The van der Waals surface area contributed by atoms with Crippen LogP contribution in [0, 0.1) is 5.92 Å². The van der Waals surface area contributed by atoms with E-state index in [0.29, 0.717) is 18.4 Å². The number of aromatic amines is 1. The smallest absolute Gasteiger partial charge is 0.269 e. The fraction of sp³-hybridized carbons (Fsp3) is 0.733. The average molecular weight is 277 g/mol. The van der Waals surface area contributed by atoms with Crippen LogP contribution in [-0.4, -0.2) is 15.7 Å². The van der Waals surface area contributed by atoms with Crippen molar-refractivity contribution in [1.29, 1.82) is 0 Å². The monoisotopic (exact) mass is 277 g/mol. The fourth-order valence-corrected chi connectivity index (χ4v) is 3.68. The molecule has 1 amide bonds. The Bertz CT molecular complexity index is 564. The highest BCUT2D eigenvalue weighted by Gasteiger charge is 2.33. The van der Waals surface area contributed by atoms with Gasteiger partial charge in [0.25, 0.3) is 5.56 Å². The number of anilines is 1. The second-order valence-corrected chi connectivity index (χ2v) is 6.59. The van der Waals surface area contributed by atoms with Crippen molar-refractivity contribution >= 4 is 11.7 Å². The summed E-state index contributed by atoms with van der Waals surface area (Å²) in [5.74, 6) is 1.32. The van der Waals surface area contributed by atoms with Gasteiger partial charge in [0.05, 0.1) is 11.6 Å². The molecule has 2 aliphatic rings. The maximum atomic E-state index is 12.3. The topological polar surface area (TPSA) is 66.9 Å². The molecule has 1 atom stereocenters. The Kier molecular flexibility index (Phi) is 3.44. The number of amides is 1. The van der Waals surface area contributed by atoms with Crippen molar-refractivity contribution in [2.45, 2.75) is 64.3 Å². The molecule has 0 spiro atoms. The van der Waals surface area contributed by atoms with E-state index in [0.717, 1.165) is 30.6 Å². The number of hydrogen-bond acceptors (Lipinski definition) is 2. The molecule has 2 N–H and O–H groups in total. The Morgan fingerprint density at radius 2 is 1.95 bits per heavy atom. The minimum absolute atomic E-state index is 0.0162. The van der Waals surface area contributed by atoms with Crippen LogP contribution in [-0.2, 0) is 4.79 Å². The maximum Gasteiger partial charge on any atom is 0.269 e. The molecule has 2 heterocycles. The van der Waals surface area contributed by atoms with Gasteiger partial charge in [0.15, 0.2) is 0 Å². The molecular weight excluding hydrogens is 254 g/mol. The molecule has 0 aromatic carbocycles. The lowest BCUT2D eigenvalue weighted by Gasteiger charge is -2.25. The number of fused-ring (bicyclic) bond motifs is 1. The van der Waals surface area contributed by atoms with E-state index in [-0.39, 0.29) is 17.4 Å². The van der Waals surface area contributed by atoms with Crippen LogP contribution >= 0.6 is 0 Å². The number of H-pyrrole nitrogens is 1. The summed E-state index contributed by atoms with van der Waals surface area (Å²) in [7, 11) is 0. The first kappa shape index (κ1) is 13.5. The van der Waals surface area contributed by atoms with Gasteiger partial charge in [-0.2, -0.15) is 0 Å². The summed E-state index contributed by atoms with van der Waals surface area (Å²) in [5.41, 5.74) is 0.780. The number of rotatable bonds is 3. The van der Waals surface area contributed by atoms with Gasteiger partial charge in [0.2, 0.25) is 5.91 Å². The third-order valence-electron chi connectivity index (χ3n) is 4.51. The zero-order valence-corrected chi connectivity index (χ0v) is 12.2. The van der Waals surface area contributed by atoms with Gasteiger partial charge in [0, 0.05) is 12.3 Å². The zero-order valence-electron chi connectivity index (χ0n) is 12.2. The number of carbonyl (C=O) groups is 1. The largest absolute Gasteiger partial charge is 0.311 e. The molecule has 110 valence electrons. The predicted octanol–water partition coefficient (Wildman–Crippen LogP) is 2.76. The van der Waals surface area contributed by atoms with E-state index < -0.39 is 0 Å². The van der Waals surface area contributed by atoms with Gasteiger partial charge in [-0.1, -0.05) is 26.7 Å². The molecule has 5 heteroatoms. The second kappa shape index (κ2) is 5.11. The van der Waals surface area contributed by atoms with Crippen molar-refractivity contribution in [3.8, 4) is 0 Å². The van der Waals surface area contributed by atoms with Crippen LogP contribution in [0.25, 0.3) is 0 Å². The van der Waals surface area contributed by atoms with Crippen molar-refractivity contribution in [1.82, 2.24) is 9.78 Å². The van der Waals surface area contributed by atoms with Crippen molar-refractivity contribution < 1.29 is 4.79 Å². The molecule has 20 heavy (non-hydrogen) atoms. The van der Waals surface area contributed by atoms with Crippen molar-refractivity contribution in [3.05, 3.63) is 15.9 Å². The summed E-state index contributed by atoms with van der Waals surface area (Å²) >= 11 is 0. The number of carbonyl (C=O) groups excluding carboxylic acids is 1. The quantitative estimate of drug-likeness (QED) is 0.892. The molecule has 1 aliphatic heterocycles. The molecule has 5 nitrogen and oxygen atoms in total. The van der Waals surface area contributed by atoms with Crippen LogP contribution in [0.5, 0.6) is 0 Å². The minimum Gasteiger partial charge on any atom is -0.311 e. The molecule has 0 radical (unpaired) electrons. The van der Waals surface area contributed by atoms with Crippen LogP contribution in [0.1, 0.15) is 69.9 Å². The van der Waals surface area contributed by atoms with E-state index in [1.165, 1.54) is 12.8 Å². The van der Waals surface area contributed by atoms with Gasteiger partial charge < -0.3 is 5.32 Å². The molecule has 1 aromatic rings. The Morgan fingerprint density at radius 3 is 2.60 bits per heavy atom. The van der Waals surface area contributed by atoms with Crippen molar-refractivity contribution in [2.24, 2.45) is 5.92 Å². The molecule has 1 aliphatic carbocycles. The van der Waals surface area contributed by atoms with Gasteiger partial charge in [-0.25, -0.2) is 0 Å². The molecule has 0 saturated heterocycles. The van der Waals surface area contributed by atoms with E-state index in [1.54, 1.807) is 0 Å². The van der Waals surface area contributed by atoms with Crippen LogP contribution in [0.15, 0.2) is 4.79 Å². The lowest BCUT2D eigenvalue weighted by atomic mass is 9.86. The Morgan fingerprint density at radius 1 is 1.25 bits per heavy atom. The predicted molar refractivity (Wildman–Crippen MR) is 78.0 cm³/mol. The summed E-state index contributed by atoms with van der Waals surface area (Å²) in [6, 6.07) is 0.338. The van der Waals surface area contributed by atoms with E-state index in [2.05, 4.69) is 24.3 Å². The number of nitrogens with zero attached hydrogens (tertiary/aromatic N) is 1. The molecular formula is C15H23N3O2. The number of hydrogen-bond donors (Lipinski definition) is 2. The SMILES string of the molecule is CC(C)CC1CC(=O)Nc2c1c(=O)[nH]n2C1CCCC1. The standard InChI is InChI=1S/C15H23N3O2/c1-9(2)7-10-8-12(19)16-14-13(10)15(20)17-18(14)11-5-3-4-6-11/h9-11H,3-8H2,1-2H3,(H,16,19)(H,17,20). The van der Waals surface area contributed by atoms with E-state index in [1.807, 2.05) is 4.68 Å². The van der Waals surface area contributed by atoms with Crippen LogP contribution < -0.4 is 10.9 Å². The van der Waals surface area contributed by atoms with E-state index in [4.69, 9.17) is 0 Å². The minimum atomic E-state index is -0.0162. The van der Waals surface area contributed by atoms with Crippen molar-refractivity contribution in [2.75, 3.05) is 5.32 Å². The Balaban J connectivity index is 2.01. The molecule has 1 saturated carbocycles. The maximum absolute atomic E-state index is 12.3. The summed E-state index contributed by atoms with van der Waals surface area (Å²) < 4.78 is 1.93. The molecule has 1 aromatic heterocycles. The Labute approximate surface area is 118 Å². The Hall–Kier alpha value is -1.52.